The van der Waals surface area contributed by atoms with E-state index in [0.717, 1.165) is 5.39 Å². The van der Waals surface area contributed by atoms with Gasteiger partial charge in [0.05, 0.1) is 0 Å². The van der Waals surface area contributed by atoms with E-state index in [-0.39, 0.29) is 4.90 Å². The Morgan fingerprint density at radius 3 is 2.53 bits per heavy atom. The van der Waals surface area contributed by atoms with Crippen LogP contribution in [0.4, 0.5) is 0 Å². The van der Waals surface area contributed by atoms with Crippen LogP contribution in [-0.2, 0) is 16.5 Å². The third-order valence-electron chi connectivity index (χ3n) is 2.58. The molecule has 4 heteroatoms. The molecular formula is C13H12O3S. The van der Waals surface area contributed by atoms with Crippen LogP contribution in [-0.4, -0.2) is 13.0 Å². The topological polar surface area (TPSA) is 54.4 Å². The first kappa shape index (κ1) is 11.8. The third kappa shape index (κ3) is 2.23. The second kappa shape index (κ2) is 4.31. The fourth-order valence-electron chi connectivity index (χ4n) is 1.91. The van der Waals surface area contributed by atoms with Crippen molar-refractivity contribution < 1.29 is 13.0 Å². The van der Waals surface area contributed by atoms with Gasteiger partial charge in [-0.3, -0.25) is 4.55 Å². The van der Waals surface area contributed by atoms with Crippen molar-refractivity contribution >= 4 is 20.9 Å². The Labute approximate surface area is 100 Å². The van der Waals surface area contributed by atoms with Gasteiger partial charge < -0.3 is 0 Å². The van der Waals surface area contributed by atoms with Crippen molar-refractivity contribution in [2.75, 3.05) is 0 Å². The lowest BCUT2D eigenvalue weighted by molar-refractivity contribution is 0.483. The summed E-state index contributed by atoms with van der Waals surface area (Å²) in [6.45, 7) is 3.58. The summed E-state index contributed by atoms with van der Waals surface area (Å²) in [6.07, 6.45) is 2.01. The Hall–Kier alpha value is -1.65. The van der Waals surface area contributed by atoms with E-state index in [1.807, 2.05) is 18.2 Å². The molecule has 0 spiro atoms. The molecule has 0 aliphatic rings. The van der Waals surface area contributed by atoms with Crippen LogP contribution in [0.1, 0.15) is 5.56 Å². The van der Waals surface area contributed by atoms with E-state index in [9.17, 15) is 13.0 Å². The molecular weight excluding hydrogens is 236 g/mol. The molecule has 0 heterocycles. The fraction of sp³-hybridized carbons (Fsp3) is 0.0769. The van der Waals surface area contributed by atoms with E-state index in [4.69, 9.17) is 0 Å². The van der Waals surface area contributed by atoms with Crippen LogP contribution < -0.4 is 0 Å². The lowest BCUT2D eigenvalue weighted by Crippen LogP contribution is -2.03. The minimum atomic E-state index is -4.23. The molecule has 0 saturated heterocycles. The first-order valence-electron chi connectivity index (χ1n) is 5.13. The SMILES string of the molecule is C=CCc1ccc2ccccc2c1S(=O)(=O)O. The standard InChI is InChI=1S/C13H12O3S/c1-2-5-11-9-8-10-6-3-4-7-12(10)13(11)17(14,15)16/h2-4,6-9H,1,5H2,(H,14,15,16). The van der Waals surface area contributed by atoms with Crippen LogP contribution in [0, 0.1) is 0 Å². The van der Waals surface area contributed by atoms with Crippen molar-refractivity contribution in [1.29, 1.82) is 0 Å². The monoisotopic (exact) mass is 248 g/mol. The highest BCUT2D eigenvalue weighted by Gasteiger charge is 2.18. The molecule has 2 aromatic carbocycles. The average molecular weight is 248 g/mol. The predicted molar refractivity (Wildman–Crippen MR) is 67.7 cm³/mol. The number of benzene rings is 2. The molecule has 3 nitrogen and oxygen atoms in total. The highest BCUT2D eigenvalue weighted by Crippen LogP contribution is 2.27. The van der Waals surface area contributed by atoms with Crippen molar-refractivity contribution in [2.24, 2.45) is 0 Å². The largest absolute Gasteiger partial charge is 0.295 e. The summed E-state index contributed by atoms with van der Waals surface area (Å²) in [7, 11) is -4.23. The minimum Gasteiger partial charge on any atom is -0.282 e. The molecule has 88 valence electrons. The third-order valence-corrected chi connectivity index (χ3v) is 3.58. The maximum atomic E-state index is 11.5. The number of rotatable bonds is 3. The molecule has 2 rings (SSSR count). The van der Waals surface area contributed by atoms with Gasteiger partial charge in [-0.15, -0.1) is 6.58 Å². The van der Waals surface area contributed by atoms with Gasteiger partial charge in [0.1, 0.15) is 4.90 Å². The zero-order valence-corrected chi connectivity index (χ0v) is 9.94. The summed E-state index contributed by atoms with van der Waals surface area (Å²) in [6, 6.07) is 10.6. The smallest absolute Gasteiger partial charge is 0.282 e. The van der Waals surface area contributed by atoms with Crippen LogP contribution in [0.5, 0.6) is 0 Å². The van der Waals surface area contributed by atoms with Crippen LogP contribution in [0.2, 0.25) is 0 Å². The van der Waals surface area contributed by atoms with Gasteiger partial charge in [0.2, 0.25) is 0 Å². The minimum absolute atomic E-state index is 0.0181. The first-order valence-corrected chi connectivity index (χ1v) is 6.57. The molecule has 0 unspecified atom stereocenters. The van der Waals surface area contributed by atoms with Crippen molar-refractivity contribution in [2.45, 2.75) is 11.3 Å². The lowest BCUT2D eigenvalue weighted by atomic mass is 10.0. The highest BCUT2D eigenvalue weighted by atomic mass is 32.2. The predicted octanol–water partition coefficient (Wildman–Crippen LogP) is 2.82. The quantitative estimate of drug-likeness (QED) is 0.671. The molecule has 0 atom stereocenters. The van der Waals surface area contributed by atoms with E-state index >= 15 is 0 Å². The molecule has 2 aromatic rings. The maximum Gasteiger partial charge on any atom is 0.295 e. The van der Waals surface area contributed by atoms with E-state index in [1.54, 1.807) is 24.3 Å². The number of hydrogen-bond acceptors (Lipinski definition) is 2. The summed E-state index contributed by atoms with van der Waals surface area (Å²) in [5, 5.41) is 1.32. The number of fused-ring (bicyclic) bond motifs is 1. The molecule has 0 bridgehead atoms. The summed E-state index contributed by atoms with van der Waals surface area (Å²) in [5.74, 6) is 0. The molecule has 1 N–H and O–H groups in total. The molecule has 0 saturated carbocycles. The Bertz CT molecular complexity index is 672. The lowest BCUT2D eigenvalue weighted by Gasteiger charge is -2.09. The zero-order chi connectivity index (χ0) is 12.5. The van der Waals surface area contributed by atoms with Crippen LogP contribution in [0.15, 0.2) is 53.9 Å². The summed E-state index contributed by atoms with van der Waals surface area (Å²) in [5.41, 5.74) is 0.557. The van der Waals surface area contributed by atoms with Gasteiger partial charge >= 0.3 is 0 Å². The van der Waals surface area contributed by atoms with Crippen molar-refractivity contribution in [3.63, 3.8) is 0 Å². The Morgan fingerprint density at radius 1 is 1.18 bits per heavy atom. The van der Waals surface area contributed by atoms with Crippen LogP contribution in [0.3, 0.4) is 0 Å². The van der Waals surface area contributed by atoms with E-state index in [0.29, 0.717) is 17.4 Å². The zero-order valence-electron chi connectivity index (χ0n) is 9.13. The van der Waals surface area contributed by atoms with Gasteiger partial charge in [0.15, 0.2) is 0 Å². The highest BCUT2D eigenvalue weighted by molar-refractivity contribution is 7.86. The van der Waals surface area contributed by atoms with E-state index < -0.39 is 10.1 Å². The molecule has 0 amide bonds. The van der Waals surface area contributed by atoms with Gasteiger partial charge in [-0.2, -0.15) is 8.42 Å². The molecule has 0 aromatic heterocycles. The van der Waals surface area contributed by atoms with Gasteiger partial charge in [0.25, 0.3) is 10.1 Å². The first-order chi connectivity index (χ1) is 8.04. The van der Waals surface area contributed by atoms with Crippen molar-refractivity contribution in [3.8, 4) is 0 Å². The molecule has 0 radical (unpaired) electrons. The Morgan fingerprint density at radius 2 is 1.88 bits per heavy atom. The second-order valence-corrected chi connectivity index (χ2v) is 5.10. The molecule has 17 heavy (non-hydrogen) atoms. The van der Waals surface area contributed by atoms with Crippen LogP contribution in [0.25, 0.3) is 10.8 Å². The average Bonchev–Trinajstić information content (AvgIpc) is 2.27. The summed E-state index contributed by atoms with van der Waals surface area (Å²) >= 11 is 0. The molecule has 0 aliphatic heterocycles. The maximum absolute atomic E-state index is 11.5. The number of hydrogen-bond donors (Lipinski definition) is 1. The molecule has 0 aliphatic carbocycles. The van der Waals surface area contributed by atoms with Gasteiger partial charge in [-0.05, 0) is 17.4 Å². The van der Waals surface area contributed by atoms with Crippen molar-refractivity contribution in [1.82, 2.24) is 0 Å². The normalized spacial score (nSPS) is 11.6. The molecule has 0 fully saturated rings. The number of allylic oxidation sites excluding steroid dienone is 1. The van der Waals surface area contributed by atoms with E-state index in [1.165, 1.54) is 0 Å². The van der Waals surface area contributed by atoms with Gasteiger partial charge in [-0.1, -0.05) is 42.5 Å². The summed E-state index contributed by atoms with van der Waals surface area (Å²) in [4.78, 5) is -0.0181. The Balaban J connectivity index is 2.89. The van der Waals surface area contributed by atoms with Crippen molar-refractivity contribution in [3.05, 3.63) is 54.6 Å². The fourth-order valence-corrected chi connectivity index (χ4v) is 2.86. The van der Waals surface area contributed by atoms with Crippen LogP contribution >= 0.6 is 0 Å². The Kier molecular flexibility index (Phi) is 3.00. The van der Waals surface area contributed by atoms with Gasteiger partial charge in [0, 0.05) is 5.39 Å². The van der Waals surface area contributed by atoms with E-state index in [2.05, 4.69) is 6.58 Å². The van der Waals surface area contributed by atoms with Gasteiger partial charge in [-0.25, -0.2) is 0 Å². The summed E-state index contributed by atoms with van der Waals surface area (Å²) < 4.78 is 32.3. The second-order valence-electron chi connectivity index (χ2n) is 3.74.